The predicted octanol–water partition coefficient (Wildman–Crippen LogP) is 2.17. The molecule has 0 radical (unpaired) electrons. The van der Waals surface area contributed by atoms with Crippen LogP contribution in [0.25, 0.3) is 5.69 Å². The van der Waals surface area contributed by atoms with Crippen molar-refractivity contribution in [2.75, 3.05) is 5.73 Å². The van der Waals surface area contributed by atoms with Gasteiger partial charge < -0.3 is 10.8 Å². The second kappa shape index (κ2) is 4.30. The first kappa shape index (κ1) is 12.9. The molecule has 0 aliphatic rings. The fourth-order valence-corrected chi connectivity index (χ4v) is 1.55. The Labute approximate surface area is 105 Å². The molecule has 19 heavy (non-hydrogen) atoms. The number of hydrogen-bond donors (Lipinski definition) is 2. The molecule has 0 bridgehead atoms. The van der Waals surface area contributed by atoms with E-state index in [1.165, 1.54) is 18.2 Å². The van der Waals surface area contributed by atoms with Crippen LogP contribution in [0, 0.1) is 0 Å². The number of aromatic nitrogens is 2. The highest BCUT2D eigenvalue weighted by Crippen LogP contribution is 2.32. The average Bonchev–Trinajstić information content (AvgIpc) is 2.74. The van der Waals surface area contributed by atoms with Crippen LogP contribution in [-0.2, 0) is 6.18 Å². The lowest BCUT2D eigenvalue weighted by Crippen LogP contribution is -2.14. The summed E-state index contributed by atoms with van der Waals surface area (Å²) in [5.41, 5.74) is 3.72. The molecule has 0 saturated carbocycles. The van der Waals surface area contributed by atoms with Crippen molar-refractivity contribution in [2.24, 2.45) is 0 Å². The first-order valence-corrected chi connectivity index (χ1v) is 5.06. The molecule has 5 nitrogen and oxygen atoms in total. The lowest BCUT2D eigenvalue weighted by atomic mass is 10.2. The number of carbonyl (C=O) groups is 1. The number of benzene rings is 1. The van der Waals surface area contributed by atoms with Gasteiger partial charge in [0.1, 0.15) is 5.69 Å². The van der Waals surface area contributed by atoms with Crippen molar-refractivity contribution in [3.05, 3.63) is 41.7 Å². The third-order valence-electron chi connectivity index (χ3n) is 2.38. The Morgan fingerprint density at radius 3 is 2.47 bits per heavy atom. The normalized spacial score (nSPS) is 11.5. The summed E-state index contributed by atoms with van der Waals surface area (Å²) in [5.74, 6) is -1.54. The van der Waals surface area contributed by atoms with Gasteiger partial charge in [-0.15, -0.1) is 0 Å². The van der Waals surface area contributed by atoms with E-state index >= 15 is 0 Å². The van der Waals surface area contributed by atoms with E-state index in [-0.39, 0.29) is 11.4 Å². The maximum absolute atomic E-state index is 12.8. The molecule has 1 heterocycles. The zero-order valence-electron chi connectivity index (χ0n) is 9.35. The van der Waals surface area contributed by atoms with E-state index in [4.69, 9.17) is 10.8 Å². The van der Waals surface area contributed by atoms with Crippen molar-refractivity contribution in [1.82, 2.24) is 9.78 Å². The monoisotopic (exact) mass is 271 g/mol. The van der Waals surface area contributed by atoms with Crippen molar-refractivity contribution in [1.29, 1.82) is 0 Å². The molecular formula is C11H8F3N3O2. The number of hydrogen-bond acceptors (Lipinski definition) is 3. The van der Waals surface area contributed by atoms with E-state index in [0.29, 0.717) is 10.7 Å². The van der Waals surface area contributed by atoms with Crippen LogP contribution in [-0.4, -0.2) is 20.9 Å². The fourth-order valence-electron chi connectivity index (χ4n) is 1.55. The zero-order chi connectivity index (χ0) is 14.2. The molecule has 2 aromatic rings. The van der Waals surface area contributed by atoms with Gasteiger partial charge >= 0.3 is 12.1 Å². The van der Waals surface area contributed by atoms with Crippen LogP contribution in [0.3, 0.4) is 0 Å². The largest absolute Gasteiger partial charge is 0.476 e. The Hall–Kier alpha value is -2.51. The van der Waals surface area contributed by atoms with Gasteiger partial charge in [0.25, 0.3) is 0 Å². The summed E-state index contributed by atoms with van der Waals surface area (Å²) >= 11 is 0. The molecule has 1 aromatic carbocycles. The molecule has 0 unspecified atom stereocenters. The standard InChI is InChI=1S/C11H8F3N3O2/c12-11(13,14)9-5-7(10(18)19)16-17(9)8-4-2-1-3-6(8)15/h1-5H,15H2,(H,18,19). The van der Waals surface area contributed by atoms with Gasteiger partial charge in [-0.1, -0.05) is 12.1 Å². The van der Waals surface area contributed by atoms with Gasteiger partial charge in [-0.05, 0) is 12.1 Å². The molecule has 0 aliphatic carbocycles. The van der Waals surface area contributed by atoms with Gasteiger partial charge in [-0.3, -0.25) is 0 Å². The minimum atomic E-state index is -4.73. The number of alkyl halides is 3. The van der Waals surface area contributed by atoms with E-state index in [9.17, 15) is 18.0 Å². The quantitative estimate of drug-likeness (QED) is 0.820. The Balaban J connectivity index is 2.69. The number of nitrogens with two attached hydrogens (primary N) is 1. The SMILES string of the molecule is Nc1ccccc1-n1nc(C(=O)O)cc1C(F)(F)F. The van der Waals surface area contributed by atoms with E-state index < -0.39 is 23.5 Å². The number of para-hydroxylation sites is 2. The van der Waals surface area contributed by atoms with Gasteiger partial charge in [0.05, 0.1) is 11.4 Å². The van der Waals surface area contributed by atoms with Gasteiger partial charge in [0.15, 0.2) is 5.69 Å². The van der Waals surface area contributed by atoms with Crippen LogP contribution in [0.15, 0.2) is 30.3 Å². The minimum absolute atomic E-state index is 0.0256. The Morgan fingerprint density at radius 1 is 1.32 bits per heavy atom. The summed E-state index contributed by atoms with van der Waals surface area (Å²) in [6.07, 6.45) is -4.73. The predicted molar refractivity (Wildman–Crippen MR) is 59.9 cm³/mol. The highest BCUT2D eigenvalue weighted by molar-refractivity contribution is 5.85. The second-order valence-corrected chi connectivity index (χ2v) is 3.69. The van der Waals surface area contributed by atoms with E-state index in [1.807, 2.05) is 0 Å². The number of nitrogens with zero attached hydrogens (tertiary/aromatic N) is 2. The molecule has 0 spiro atoms. The van der Waals surface area contributed by atoms with E-state index in [2.05, 4.69) is 5.10 Å². The number of rotatable bonds is 2. The van der Waals surface area contributed by atoms with E-state index in [0.717, 1.165) is 0 Å². The van der Waals surface area contributed by atoms with Crippen molar-refractivity contribution >= 4 is 11.7 Å². The second-order valence-electron chi connectivity index (χ2n) is 3.69. The number of aromatic carboxylic acids is 1. The Kier molecular flexibility index (Phi) is 2.93. The lowest BCUT2D eigenvalue weighted by molar-refractivity contribution is -0.142. The third kappa shape index (κ3) is 2.37. The lowest BCUT2D eigenvalue weighted by Gasteiger charge is -2.11. The molecular weight excluding hydrogens is 263 g/mol. The van der Waals surface area contributed by atoms with E-state index in [1.54, 1.807) is 6.07 Å². The molecule has 0 saturated heterocycles. The molecule has 0 aliphatic heterocycles. The summed E-state index contributed by atoms with van der Waals surface area (Å²) in [5, 5.41) is 12.2. The first-order chi connectivity index (χ1) is 8.80. The molecule has 0 atom stereocenters. The summed E-state index contributed by atoms with van der Waals surface area (Å²) in [7, 11) is 0. The molecule has 100 valence electrons. The molecule has 3 N–H and O–H groups in total. The summed E-state index contributed by atoms with van der Waals surface area (Å²) in [6.45, 7) is 0. The number of halogens is 3. The fraction of sp³-hybridized carbons (Fsp3) is 0.0909. The number of anilines is 1. The number of carboxylic acid groups (broad SMARTS) is 1. The first-order valence-electron chi connectivity index (χ1n) is 5.06. The van der Waals surface area contributed by atoms with Crippen molar-refractivity contribution in [2.45, 2.75) is 6.18 Å². The summed E-state index contributed by atoms with van der Waals surface area (Å²) in [4.78, 5) is 10.7. The number of carboxylic acids is 1. The van der Waals surface area contributed by atoms with Crippen LogP contribution in [0.2, 0.25) is 0 Å². The summed E-state index contributed by atoms with van der Waals surface area (Å²) in [6, 6.07) is 6.22. The number of nitrogen functional groups attached to an aromatic ring is 1. The molecule has 0 fully saturated rings. The van der Waals surface area contributed by atoms with Crippen molar-refractivity contribution < 1.29 is 23.1 Å². The van der Waals surface area contributed by atoms with Gasteiger partial charge in [-0.2, -0.15) is 18.3 Å². The van der Waals surface area contributed by atoms with Crippen LogP contribution in [0.1, 0.15) is 16.2 Å². The molecule has 0 amide bonds. The van der Waals surface area contributed by atoms with Crippen molar-refractivity contribution in [3.8, 4) is 5.69 Å². The van der Waals surface area contributed by atoms with Crippen molar-refractivity contribution in [3.63, 3.8) is 0 Å². The maximum atomic E-state index is 12.8. The summed E-state index contributed by atoms with van der Waals surface area (Å²) < 4.78 is 39.0. The third-order valence-corrected chi connectivity index (χ3v) is 2.38. The molecule has 2 rings (SSSR count). The Morgan fingerprint density at radius 2 is 1.95 bits per heavy atom. The van der Waals surface area contributed by atoms with Crippen LogP contribution in [0.4, 0.5) is 18.9 Å². The van der Waals surface area contributed by atoms with Crippen LogP contribution in [0.5, 0.6) is 0 Å². The topological polar surface area (TPSA) is 81.1 Å². The highest BCUT2D eigenvalue weighted by atomic mass is 19.4. The van der Waals surface area contributed by atoms with Gasteiger partial charge in [0.2, 0.25) is 0 Å². The maximum Gasteiger partial charge on any atom is 0.433 e. The zero-order valence-corrected chi connectivity index (χ0v) is 9.35. The molecule has 1 aromatic heterocycles. The minimum Gasteiger partial charge on any atom is -0.476 e. The molecule has 8 heteroatoms. The Bertz CT molecular complexity index is 634. The smallest absolute Gasteiger partial charge is 0.433 e. The van der Waals surface area contributed by atoms with Crippen LogP contribution < -0.4 is 5.73 Å². The highest BCUT2D eigenvalue weighted by Gasteiger charge is 2.37. The van der Waals surface area contributed by atoms with Crippen LogP contribution >= 0.6 is 0 Å². The van der Waals surface area contributed by atoms with Gasteiger partial charge in [-0.25, -0.2) is 9.48 Å². The average molecular weight is 271 g/mol. The van der Waals surface area contributed by atoms with Gasteiger partial charge in [0, 0.05) is 6.07 Å².